The Labute approximate surface area is 469 Å². The van der Waals surface area contributed by atoms with Gasteiger partial charge in [-0.05, 0) is 227 Å². The van der Waals surface area contributed by atoms with E-state index in [4.69, 9.17) is 9.47 Å². The summed E-state index contributed by atoms with van der Waals surface area (Å²) in [5.74, 6) is 3.51. The van der Waals surface area contributed by atoms with Crippen molar-refractivity contribution in [1.82, 2.24) is 20.1 Å². The van der Waals surface area contributed by atoms with Gasteiger partial charge in [0.15, 0.2) is 0 Å². The first-order valence-electron chi connectivity index (χ1n) is 28.6. The van der Waals surface area contributed by atoms with Crippen molar-refractivity contribution in [2.45, 2.75) is 131 Å². The van der Waals surface area contributed by atoms with E-state index in [1.165, 1.54) is 52.1 Å². The zero-order valence-electron chi connectivity index (χ0n) is 46.1. The van der Waals surface area contributed by atoms with Gasteiger partial charge in [0, 0.05) is 43.1 Å². The van der Waals surface area contributed by atoms with E-state index in [1.807, 2.05) is 19.1 Å². The number of nitrogens with one attached hydrogen (secondary N) is 4. The van der Waals surface area contributed by atoms with Gasteiger partial charge in [-0.3, -0.25) is 0 Å². The van der Waals surface area contributed by atoms with Crippen LogP contribution in [0.2, 0.25) is 0 Å². The third-order valence-corrected chi connectivity index (χ3v) is 20.3. The molecular formula is C65H80F2N4O6S2. The predicted octanol–water partition coefficient (Wildman–Crippen LogP) is 12.0. The highest BCUT2D eigenvalue weighted by atomic mass is 32.2. The number of ether oxygens (including phenoxy) is 2. The summed E-state index contributed by atoms with van der Waals surface area (Å²) in [5, 5.41) is 7.86. The van der Waals surface area contributed by atoms with Crippen molar-refractivity contribution in [3.05, 3.63) is 190 Å². The molecule has 14 heteroatoms. The second-order valence-electron chi connectivity index (χ2n) is 22.7. The van der Waals surface area contributed by atoms with Crippen LogP contribution < -0.4 is 29.6 Å². The summed E-state index contributed by atoms with van der Waals surface area (Å²) in [6, 6.07) is 43.9. The monoisotopic (exact) mass is 1110 g/mol. The average Bonchev–Trinajstić information content (AvgIpc) is 3.52. The number of fused-ring (bicyclic) bond motifs is 2. The van der Waals surface area contributed by atoms with Crippen LogP contribution >= 0.6 is 0 Å². The summed E-state index contributed by atoms with van der Waals surface area (Å²) in [7, 11) is -3.88. The SMILES string of the molecule is COc1ccc2c(c1)CCC(NCC1CCC(CNS(=O)(=O)c3ccc(C)c(OC)c3)CC1)C2Cc1ccccc1.O=S(=O)(NCC1CCC(CNC2CCc3cc(F)ccc3C2Cc2ccccc2)CC1)c1ccc(F)cc1. The lowest BCUT2D eigenvalue weighted by Gasteiger charge is -2.37. The van der Waals surface area contributed by atoms with Gasteiger partial charge in [-0.15, -0.1) is 0 Å². The van der Waals surface area contributed by atoms with E-state index in [2.05, 4.69) is 92.9 Å². The molecule has 0 radical (unpaired) electrons. The Bertz CT molecular complexity index is 3130. The first kappa shape index (κ1) is 58.2. The van der Waals surface area contributed by atoms with Crippen molar-refractivity contribution in [3.63, 3.8) is 0 Å². The fraction of sp³-hybridized carbons (Fsp3) is 0.446. The smallest absolute Gasteiger partial charge is 0.240 e. The van der Waals surface area contributed by atoms with E-state index in [-0.39, 0.29) is 15.6 Å². The number of hydrogen-bond donors (Lipinski definition) is 4. The van der Waals surface area contributed by atoms with Crippen LogP contribution in [0.4, 0.5) is 8.78 Å². The molecule has 4 aliphatic carbocycles. The molecule has 0 aliphatic heterocycles. The van der Waals surface area contributed by atoms with Gasteiger partial charge in [-0.25, -0.2) is 35.1 Å². The van der Waals surface area contributed by atoms with Crippen LogP contribution in [0, 0.1) is 42.2 Å². The first-order chi connectivity index (χ1) is 38.2. The van der Waals surface area contributed by atoms with Crippen LogP contribution in [0.25, 0.3) is 0 Å². The molecular weight excluding hydrogens is 1030 g/mol. The fourth-order valence-electron chi connectivity index (χ4n) is 12.7. The zero-order valence-corrected chi connectivity index (χ0v) is 47.8. The summed E-state index contributed by atoms with van der Waals surface area (Å²) in [6.45, 7) is 4.77. The third kappa shape index (κ3) is 15.7. The van der Waals surface area contributed by atoms with E-state index in [0.29, 0.717) is 66.4 Å². The van der Waals surface area contributed by atoms with Crippen molar-refractivity contribution < 1.29 is 35.1 Å². The van der Waals surface area contributed by atoms with Gasteiger partial charge in [-0.2, -0.15) is 0 Å². The zero-order chi connectivity index (χ0) is 55.4. The summed E-state index contributed by atoms with van der Waals surface area (Å²) in [5.41, 5.74) is 8.84. The highest BCUT2D eigenvalue weighted by Crippen LogP contribution is 2.39. The standard InChI is InChI=1S/C34H44N2O4S.C31H36F2N2O2S/c1-24-9-16-30(21-34(24)40-3)41(37,38)36-23-27-12-10-26(11-13-27)22-35-33-18-14-28-20-29(39-2)15-17-31(28)32(33)19-25-7-5-4-6-8-25;32-26-11-14-28(15-12-26)38(36,37)35-21-24-8-6-23(7-9-24)20-34-31-17-10-25-19-27(33)13-16-29(25)30(31)18-22-4-2-1-3-5-22/h4-9,15-17,20-21,26-27,32-33,35-36H,10-14,18-19,22-23H2,1-3H3;1-5,11-16,19,23-24,30-31,34-35H,6-10,17-18,20-21H2. The molecule has 10 nitrogen and oxygen atoms in total. The molecule has 2 fully saturated rings. The van der Waals surface area contributed by atoms with Crippen molar-refractivity contribution >= 4 is 20.0 Å². The second kappa shape index (κ2) is 27.3. The van der Waals surface area contributed by atoms with Gasteiger partial charge < -0.3 is 20.1 Å². The van der Waals surface area contributed by atoms with Gasteiger partial charge in [0.25, 0.3) is 0 Å². The molecule has 0 aromatic heterocycles. The minimum atomic E-state index is -3.63. The molecule has 0 saturated heterocycles. The number of methoxy groups -OCH3 is 2. The molecule has 2 saturated carbocycles. The van der Waals surface area contributed by atoms with Crippen LogP contribution in [-0.2, 0) is 45.7 Å². The van der Waals surface area contributed by atoms with Crippen molar-refractivity contribution in [1.29, 1.82) is 0 Å². The summed E-state index contributed by atoms with van der Waals surface area (Å²) in [4.78, 5) is 0.356. The van der Waals surface area contributed by atoms with E-state index in [1.54, 1.807) is 44.6 Å². The molecule has 422 valence electrons. The summed E-state index contributed by atoms with van der Waals surface area (Å²) < 4.78 is 94.3. The highest BCUT2D eigenvalue weighted by molar-refractivity contribution is 7.89. The van der Waals surface area contributed by atoms with Crippen molar-refractivity contribution in [3.8, 4) is 11.5 Å². The maximum atomic E-state index is 13.9. The van der Waals surface area contributed by atoms with Gasteiger partial charge in [0.2, 0.25) is 20.0 Å². The summed E-state index contributed by atoms with van der Waals surface area (Å²) >= 11 is 0. The topological polar surface area (TPSA) is 135 Å². The molecule has 4 aliphatic rings. The van der Waals surface area contributed by atoms with E-state index in [0.717, 1.165) is 120 Å². The second-order valence-corrected chi connectivity index (χ2v) is 26.2. The first-order valence-corrected chi connectivity index (χ1v) is 31.6. The van der Waals surface area contributed by atoms with Crippen molar-refractivity contribution in [2.75, 3.05) is 40.4 Å². The Morgan fingerprint density at radius 1 is 0.468 bits per heavy atom. The van der Waals surface area contributed by atoms with Crippen LogP contribution in [-0.4, -0.2) is 69.3 Å². The number of rotatable bonds is 20. The van der Waals surface area contributed by atoms with Gasteiger partial charge >= 0.3 is 0 Å². The Morgan fingerprint density at radius 3 is 1.41 bits per heavy atom. The predicted molar refractivity (Wildman–Crippen MR) is 311 cm³/mol. The quantitative estimate of drug-likeness (QED) is 0.0594. The van der Waals surface area contributed by atoms with E-state index in [9.17, 15) is 25.6 Å². The Balaban J connectivity index is 0.000000192. The van der Waals surface area contributed by atoms with Crippen LogP contribution in [0.5, 0.6) is 11.5 Å². The molecule has 0 bridgehead atoms. The lowest BCUT2D eigenvalue weighted by molar-refractivity contribution is 0.252. The van der Waals surface area contributed by atoms with E-state index >= 15 is 0 Å². The molecule has 6 aromatic rings. The number of benzene rings is 6. The molecule has 6 aromatic carbocycles. The van der Waals surface area contributed by atoms with Gasteiger partial charge in [0.05, 0.1) is 24.0 Å². The summed E-state index contributed by atoms with van der Waals surface area (Å²) in [6.07, 6.45) is 14.5. The largest absolute Gasteiger partial charge is 0.497 e. The van der Waals surface area contributed by atoms with Crippen LogP contribution in [0.1, 0.15) is 115 Å². The highest BCUT2D eigenvalue weighted by Gasteiger charge is 2.33. The Kier molecular flexibility index (Phi) is 20.1. The number of aryl methyl sites for hydroxylation is 3. The maximum absolute atomic E-state index is 13.9. The van der Waals surface area contributed by atoms with Crippen molar-refractivity contribution in [2.24, 2.45) is 23.7 Å². The molecule has 0 spiro atoms. The minimum absolute atomic E-state index is 0.0960. The normalized spacial score (nSPS) is 23.1. The Hall–Kier alpha value is -5.48. The maximum Gasteiger partial charge on any atom is 0.240 e. The fourth-order valence-corrected chi connectivity index (χ4v) is 15.0. The van der Waals surface area contributed by atoms with Gasteiger partial charge in [0.1, 0.15) is 23.1 Å². The molecule has 10 rings (SSSR count). The minimum Gasteiger partial charge on any atom is -0.497 e. The number of sulfonamides is 2. The lowest BCUT2D eigenvalue weighted by Crippen LogP contribution is -2.42. The molecule has 4 N–H and O–H groups in total. The molecule has 0 heterocycles. The van der Waals surface area contributed by atoms with E-state index < -0.39 is 25.9 Å². The Morgan fingerprint density at radius 2 is 0.911 bits per heavy atom. The molecule has 0 amide bonds. The molecule has 4 unspecified atom stereocenters. The molecule has 79 heavy (non-hydrogen) atoms. The molecule has 4 atom stereocenters. The van der Waals surface area contributed by atoms with Gasteiger partial charge in [-0.1, -0.05) is 78.9 Å². The van der Waals surface area contributed by atoms with Crippen LogP contribution in [0.15, 0.2) is 149 Å². The lowest BCUT2D eigenvalue weighted by atomic mass is 9.75. The third-order valence-electron chi connectivity index (χ3n) is 17.5. The number of hydrogen-bond acceptors (Lipinski definition) is 8. The average molecular weight is 1120 g/mol. The van der Waals surface area contributed by atoms with Crippen LogP contribution in [0.3, 0.4) is 0 Å². The number of halogens is 2.